The van der Waals surface area contributed by atoms with Gasteiger partial charge < -0.3 is 4.74 Å². The summed E-state index contributed by atoms with van der Waals surface area (Å²) in [5, 5.41) is 0.586. The fourth-order valence-electron chi connectivity index (χ4n) is 1.82. The summed E-state index contributed by atoms with van der Waals surface area (Å²) >= 11 is 14.7. The molecule has 0 aromatic heterocycles. The smallest absolute Gasteiger partial charge is 0.404 e. The lowest BCUT2D eigenvalue weighted by atomic mass is 10.2. The number of benzene rings is 2. The molecule has 1 N–H and O–H groups in total. The van der Waals surface area contributed by atoms with Crippen molar-refractivity contribution >= 4 is 49.2 Å². The summed E-state index contributed by atoms with van der Waals surface area (Å²) in [6.45, 7) is -0.236. The fourth-order valence-corrected chi connectivity index (χ4v) is 3.75. The van der Waals surface area contributed by atoms with Crippen molar-refractivity contribution < 1.29 is 26.3 Å². The Morgan fingerprint density at radius 2 is 1.80 bits per heavy atom. The summed E-state index contributed by atoms with van der Waals surface area (Å²) in [5.41, 5.74) is 0.407. The normalized spacial score (nSPS) is 12.2. The molecule has 2 aromatic carbocycles. The molecule has 25 heavy (non-hydrogen) atoms. The van der Waals surface area contributed by atoms with Crippen molar-refractivity contribution in [2.45, 2.75) is 17.8 Å². The first kappa shape index (κ1) is 20.3. The van der Waals surface area contributed by atoms with Crippen LogP contribution < -0.4 is 9.46 Å². The summed E-state index contributed by atoms with van der Waals surface area (Å²) < 4.78 is 68.4. The molecule has 0 radical (unpaired) electrons. The molecule has 2 aromatic rings. The first-order valence-corrected chi connectivity index (χ1v) is 9.50. The first-order chi connectivity index (χ1) is 11.5. The maximum absolute atomic E-state index is 12.5. The van der Waals surface area contributed by atoms with Crippen LogP contribution in [0.25, 0.3) is 0 Å². The molecule has 0 bridgehead atoms. The molecule has 0 aliphatic heterocycles. The van der Waals surface area contributed by atoms with E-state index in [1.165, 1.54) is 24.3 Å². The number of nitrogens with one attached hydrogen (secondary N) is 1. The third kappa shape index (κ3) is 5.75. The van der Waals surface area contributed by atoms with Crippen LogP contribution >= 0.6 is 39.1 Å². The highest BCUT2D eigenvalue weighted by Gasteiger charge is 2.34. The number of hydrogen-bond donors (Lipinski definition) is 1. The van der Waals surface area contributed by atoms with Crippen molar-refractivity contribution in [3.05, 3.63) is 56.5 Å². The summed E-state index contributed by atoms with van der Waals surface area (Å²) in [4.78, 5) is -0.655. The van der Waals surface area contributed by atoms with E-state index in [1.807, 2.05) is 0 Å². The van der Waals surface area contributed by atoms with Gasteiger partial charge in [-0.1, -0.05) is 45.2 Å². The molecule has 0 heterocycles. The number of hydrogen-bond acceptors (Lipinski definition) is 3. The van der Waals surface area contributed by atoms with Crippen LogP contribution in [0.2, 0.25) is 10.0 Å². The highest BCUT2D eigenvalue weighted by molar-refractivity contribution is 9.10. The maximum atomic E-state index is 12.5. The number of ether oxygens (including phenoxy) is 1. The van der Waals surface area contributed by atoms with Crippen LogP contribution in [0.15, 0.2) is 45.8 Å². The molecule has 136 valence electrons. The van der Waals surface area contributed by atoms with Crippen LogP contribution in [-0.4, -0.2) is 14.8 Å². The standard InChI is InChI=1S/C14H9BrCl2F3NO3S/c15-9-2-4-13(12(5-9)24-14(18,19)20)25(22,23)21-7-8-1-3-10(16)6-11(8)17/h1-6,21H,7H2. The summed E-state index contributed by atoms with van der Waals surface area (Å²) in [6.07, 6.45) is -5.04. The minimum atomic E-state index is -5.04. The zero-order valence-corrected chi connectivity index (χ0v) is 16.0. The Hall–Kier alpha value is -1.00. The van der Waals surface area contributed by atoms with Crippen molar-refractivity contribution in [1.82, 2.24) is 4.72 Å². The molecule has 11 heteroatoms. The average molecular weight is 479 g/mol. The molecule has 0 spiro atoms. The van der Waals surface area contributed by atoms with Crippen molar-refractivity contribution in [3.63, 3.8) is 0 Å². The molecular weight excluding hydrogens is 470 g/mol. The van der Waals surface area contributed by atoms with Gasteiger partial charge >= 0.3 is 6.36 Å². The minimum absolute atomic E-state index is 0.220. The predicted octanol–water partition coefficient (Wildman–Crippen LogP) is 5.13. The van der Waals surface area contributed by atoms with Gasteiger partial charge in [0.15, 0.2) is 5.75 Å². The Labute approximate surface area is 160 Å². The van der Waals surface area contributed by atoms with Gasteiger partial charge in [0.05, 0.1) is 0 Å². The van der Waals surface area contributed by atoms with Gasteiger partial charge in [-0.2, -0.15) is 0 Å². The van der Waals surface area contributed by atoms with Gasteiger partial charge in [0.25, 0.3) is 0 Å². The van der Waals surface area contributed by atoms with Crippen LogP contribution in [0.4, 0.5) is 13.2 Å². The van der Waals surface area contributed by atoms with Crippen LogP contribution in [0.5, 0.6) is 5.75 Å². The molecule has 0 saturated heterocycles. The van der Waals surface area contributed by atoms with E-state index in [4.69, 9.17) is 23.2 Å². The van der Waals surface area contributed by atoms with Crippen molar-refractivity contribution in [2.24, 2.45) is 0 Å². The molecule has 4 nitrogen and oxygen atoms in total. The molecule has 0 atom stereocenters. The topological polar surface area (TPSA) is 55.4 Å². The number of rotatable bonds is 5. The highest BCUT2D eigenvalue weighted by Crippen LogP contribution is 2.32. The van der Waals surface area contributed by atoms with Crippen LogP contribution in [0, 0.1) is 0 Å². The van der Waals surface area contributed by atoms with E-state index in [9.17, 15) is 21.6 Å². The zero-order valence-electron chi connectivity index (χ0n) is 12.1. The van der Waals surface area contributed by atoms with E-state index in [0.717, 1.165) is 12.1 Å². The molecule has 2 rings (SSSR count). The Bertz CT molecular complexity index is 891. The maximum Gasteiger partial charge on any atom is 0.573 e. The van der Waals surface area contributed by atoms with Crippen molar-refractivity contribution in [1.29, 1.82) is 0 Å². The second kappa shape index (κ2) is 7.71. The predicted molar refractivity (Wildman–Crippen MR) is 91.3 cm³/mol. The third-order valence-corrected chi connectivity index (χ3v) is 5.41. The van der Waals surface area contributed by atoms with Gasteiger partial charge in [0, 0.05) is 21.1 Å². The average Bonchev–Trinajstić information content (AvgIpc) is 2.44. The summed E-state index contributed by atoms with van der Waals surface area (Å²) in [6, 6.07) is 7.63. The van der Waals surface area contributed by atoms with Crippen LogP contribution in [0.1, 0.15) is 5.56 Å². The lowest BCUT2D eigenvalue weighted by Crippen LogP contribution is -2.25. The van der Waals surface area contributed by atoms with Gasteiger partial charge in [0.1, 0.15) is 4.90 Å². The van der Waals surface area contributed by atoms with Crippen LogP contribution in [0.3, 0.4) is 0 Å². The lowest BCUT2D eigenvalue weighted by Gasteiger charge is -2.15. The number of halogens is 6. The molecule has 0 unspecified atom stereocenters. The summed E-state index contributed by atoms with van der Waals surface area (Å²) in [5.74, 6) is -0.850. The van der Waals surface area contributed by atoms with E-state index in [2.05, 4.69) is 25.4 Å². The Kier molecular flexibility index (Phi) is 6.26. The van der Waals surface area contributed by atoms with Crippen molar-refractivity contribution in [2.75, 3.05) is 0 Å². The summed E-state index contributed by atoms with van der Waals surface area (Å²) in [7, 11) is -4.29. The Balaban J connectivity index is 2.30. The van der Waals surface area contributed by atoms with E-state index in [-0.39, 0.29) is 16.0 Å². The molecule has 0 amide bonds. The second-order valence-corrected chi connectivity index (χ2v) is 8.19. The molecule has 0 saturated carbocycles. The quantitative estimate of drug-likeness (QED) is 0.647. The van der Waals surface area contributed by atoms with Gasteiger partial charge in [0.2, 0.25) is 10.0 Å². The molecular formula is C14H9BrCl2F3NO3S. The van der Waals surface area contributed by atoms with Gasteiger partial charge in [-0.05, 0) is 35.9 Å². The van der Waals surface area contributed by atoms with Crippen LogP contribution in [-0.2, 0) is 16.6 Å². The third-order valence-electron chi connectivity index (χ3n) is 2.89. The highest BCUT2D eigenvalue weighted by atomic mass is 79.9. The van der Waals surface area contributed by atoms with Gasteiger partial charge in [-0.25, -0.2) is 13.1 Å². The van der Waals surface area contributed by atoms with Gasteiger partial charge in [-0.15, -0.1) is 13.2 Å². The first-order valence-electron chi connectivity index (χ1n) is 6.47. The second-order valence-electron chi connectivity index (χ2n) is 4.70. The monoisotopic (exact) mass is 477 g/mol. The molecule has 0 aliphatic rings. The molecule has 0 aliphatic carbocycles. The van der Waals surface area contributed by atoms with Gasteiger partial charge in [-0.3, -0.25) is 0 Å². The van der Waals surface area contributed by atoms with E-state index < -0.39 is 27.0 Å². The zero-order chi connectivity index (χ0) is 18.8. The Morgan fingerprint density at radius 3 is 2.40 bits per heavy atom. The minimum Gasteiger partial charge on any atom is -0.404 e. The van der Waals surface area contributed by atoms with Crippen molar-refractivity contribution in [3.8, 4) is 5.75 Å². The Morgan fingerprint density at radius 1 is 1.12 bits per heavy atom. The molecule has 0 fully saturated rings. The van der Waals surface area contributed by atoms with E-state index in [1.54, 1.807) is 0 Å². The SMILES string of the molecule is O=S(=O)(NCc1ccc(Cl)cc1Cl)c1ccc(Br)cc1OC(F)(F)F. The number of alkyl halides is 3. The van der Waals surface area contributed by atoms with E-state index in [0.29, 0.717) is 10.6 Å². The largest absolute Gasteiger partial charge is 0.573 e. The lowest BCUT2D eigenvalue weighted by molar-refractivity contribution is -0.275. The van der Waals surface area contributed by atoms with E-state index >= 15 is 0 Å². The fraction of sp³-hybridized carbons (Fsp3) is 0.143. The number of sulfonamides is 1.